The second-order valence-corrected chi connectivity index (χ2v) is 9.31. The molecule has 0 spiro atoms. The second-order valence-electron chi connectivity index (χ2n) is 8.25. The Bertz CT molecular complexity index is 1190. The van der Waals surface area contributed by atoms with E-state index in [1.807, 2.05) is 36.4 Å². The van der Waals surface area contributed by atoms with Crippen LogP contribution in [0.25, 0.3) is 5.69 Å². The minimum Gasteiger partial charge on any atom is -0.352 e. The van der Waals surface area contributed by atoms with Gasteiger partial charge in [-0.15, -0.1) is 10.2 Å². The van der Waals surface area contributed by atoms with Crippen molar-refractivity contribution in [2.75, 3.05) is 5.75 Å². The smallest absolute Gasteiger partial charge is 0.220 e. The molecule has 1 heterocycles. The van der Waals surface area contributed by atoms with E-state index in [1.165, 1.54) is 11.1 Å². The molecule has 1 aromatic heterocycles. The molecule has 0 saturated carbocycles. The van der Waals surface area contributed by atoms with Gasteiger partial charge in [0.2, 0.25) is 5.91 Å². The van der Waals surface area contributed by atoms with Crippen molar-refractivity contribution in [2.24, 2.45) is 0 Å². The number of nitrogens with one attached hydrogen (secondary N) is 1. The molecule has 4 rings (SSSR count). The van der Waals surface area contributed by atoms with Crippen LogP contribution in [0.5, 0.6) is 0 Å². The largest absolute Gasteiger partial charge is 0.352 e. The summed E-state index contributed by atoms with van der Waals surface area (Å²) in [5.74, 6) is 1.92. The van der Waals surface area contributed by atoms with Gasteiger partial charge in [0.05, 0.1) is 5.69 Å². The average Bonchev–Trinajstić information content (AvgIpc) is 3.26. The Balaban J connectivity index is 1.33. The summed E-state index contributed by atoms with van der Waals surface area (Å²) < 4.78 is 2.18. The van der Waals surface area contributed by atoms with Gasteiger partial charge >= 0.3 is 0 Å². The molecule has 0 unspecified atom stereocenters. The Morgan fingerprint density at radius 2 is 1.53 bits per heavy atom. The van der Waals surface area contributed by atoms with E-state index in [0.717, 1.165) is 47.2 Å². The number of carbonyl (C=O) groups is 1. The van der Waals surface area contributed by atoms with Gasteiger partial charge in [0.25, 0.3) is 0 Å². The number of para-hydroxylation sites is 1. The van der Waals surface area contributed by atoms with Crippen LogP contribution in [0.1, 0.15) is 41.8 Å². The normalized spacial score (nSPS) is 10.9. The number of benzene rings is 3. The van der Waals surface area contributed by atoms with Crippen LogP contribution in [0, 0.1) is 6.92 Å². The number of rotatable bonds is 11. The monoisotopic (exact) mass is 470 g/mol. The predicted molar refractivity (Wildman–Crippen MR) is 138 cm³/mol. The molecule has 1 amide bonds. The summed E-state index contributed by atoms with van der Waals surface area (Å²) in [7, 11) is 0. The first-order valence-electron chi connectivity index (χ1n) is 11.7. The lowest BCUT2D eigenvalue weighted by atomic mass is 10.1. The molecule has 0 fully saturated rings. The molecule has 0 radical (unpaired) electrons. The van der Waals surface area contributed by atoms with Gasteiger partial charge < -0.3 is 5.32 Å². The van der Waals surface area contributed by atoms with E-state index >= 15 is 0 Å². The number of hydrogen-bond acceptors (Lipinski definition) is 4. The van der Waals surface area contributed by atoms with Gasteiger partial charge in [-0.3, -0.25) is 9.36 Å². The first kappa shape index (κ1) is 23.8. The van der Waals surface area contributed by atoms with E-state index in [1.54, 1.807) is 11.8 Å². The molecule has 0 aliphatic carbocycles. The number of aromatic nitrogens is 3. The zero-order chi connectivity index (χ0) is 23.6. The van der Waals surface area contributed by atoms with Crippen LogP contribution in [0.2, 0.25) is 0 Å². The first-order chi connectivity index (χ1) is 16.7. The lowest BCUT2D eigenvalue weighted by Crippen LogP contribution is -2.22. The van der Waals surface area contributed by atoms with E-state index < -0.39 is 0 Å². The molecule has 1 N–H and O–H groups in total. The summed E-state index contributed by atoms with van der Waals surface area (Å²) in [5, 5.41) is 13.0. The second kappa shape index (κ2) is 12.2. The summed E-state index contributed by atoms with van der Waals surface area (Å²) in [6.07, 6.45) is 3.06. The highest BCUT2D eigenvalue weighted by atomic mass is 32.2. The van der Waals surface area contributed by atoms with Crippen LogP contribution in [0.15, 0.2) is 90.1 Å². The van der Waals surface area contributed by atoms with Crippen LogP contribution in [-0.4, -0.2) is 26.4 Å². The highest BCUT2D eigenvalue weighted by Gasteiger charge is 2.16. The van der Waals surface area contributed by atoms with Crippen LogP contribution in [-0.2, 0) is 17.8 Å². The Labute approximate surface area is 205 Å². The third-order valence-electron chi connectivity index (χ3n) is 5.62. The zero-order valence-corrected chi connectivity index (χ0v) is 20.3. The molecule has 0 aliphatic heterocycles. The molecule has 6 heteroatoms. The summed E-state index contributed by atoms with van der Waals surface area (Å²) >= 11 is 1.70. The molecular formula is C28H30N4OS. The maximum Gasteiger partial charge on any atom is 0.220 e. The summed E-state index contributed by atoms with van der Waals surface area (Å²) in [5.41, 5.74) is 4.63. The van der Waals surface area contributed by atoms with Gasteiger partial charge in [-0.1, -0.05) is 90.6 Å². The molecule has 3 aromatic carbocycles. The van der Waals surface area contributed by atoms with Crippen LogP contribution < -0.4 is 5.32 Å². The number of nitrogens with zero attached hydrogens (tertiary/aromatic N) is 3. The van der Waals surface area contributed by atoms with Crippen molar-refractivity contribution in [3.05, 3.63) is 107 Å². The number of thioether (sulfide) groups is 1. The maximum atomic E-state index is 12.2. The standard InChI is InChI=1S/C28H30N4OS/c1-22-12-8-9-17-25(22)32-26(20-23-13-4-2-5-14-23)30-31-28(32)34-19-11-10-18-27(33)29-21-24-15-6-3-7-16-24/h2-9,12-17H,10-11,18-21H2,1H3,(H,29,33). The van der Waals surface area contributed by atoms with Crippen LogP contribution in [0.4, 0.5) is 0 Å². The first-order valence-corrected chi connectivity index (χ1v) is 12.7. The lowest BCUT2D eigenvalue weighted by Gasteiger charge is -2.13. The fourth-order valence-corrected chi connectivity index (χ4v) is 4.74. The van der Waals surface area contributed by atoms with Crippen LogP contribution in [0.3, 0.4) is 0 Å². The minimum atomic E-state index is 0.0991. The van der Waals surface area contributed by atoms with E-state index in [-0.39, 0.29) is 5.91 Å². The number of aryl methyl sites for hydroxylation is 1. The molecule has 174 valence electrons. The van der Waals surface area contributed by atoms with Crippen molar-refractivity contribution >= 4 is 17.7 Å². The van der Waals surface area contributed by atoms with E-state index in [4.69, 9.17) is 0 Å². The Morgan fingerprint density at radius 3 is 2.26 bits per heavy atom. The van der Waals surface area contributed by atoms with Crippen molar-refractivity contribution in [3.8, 4) is 5.69 Å². The van der Waals surface area contributed by atoms with Gasteiger partial charge in [-0.05, 0) is 42.5 Å². The fourth-order valence-electron chi connectivity index (χ4n) is 3.78. The Hall–Kier alpha value is -3.38. The summed E-state index contributed by atoms with van der Waals surface area (Å²) in [6.45, 7) is 2.70. The van der Waals surface area contributed by atoms with Crippen molar-refractivity contribution in [1.82, 2.24) is 20.1 Å². The average molecular weight is 471 g/mol. The highest BCUT2D eigenvalue weighted by molar-refractivity contribution is 7.99. The third kappa shape index (κ3) is 6.58. The van der Waals surface area contributed by atoms with Gasteiger partial charge in [-0.25, -0.2) is 0 Å². The number of carbonyl (C=O) groups excluding carboxylic acids is 1. The van der Waals surface area contributed by atoms with Crippen molar-refractivity contribution in [2.45, 2.75) is 44.3 Å². The molecule has 0 aliphatic rings. The quantitative estimate of drug-likeness (QED) is 0.224. The summed E-state index contributed by atoms with van der Waals surface area (Å²) in [6, 6.07) is 28.7. The van der Waals surface area contributed by atoms with Gasteiger partial charge in [0.15, 0.2) is 5.16 Å². The van der Waals surface area contributed by atoms with Crippen LogP contribution >= 0.6 is 11.8 Å². The topological polar surface area (TPSA) is 59.8 Å². The number of hydrogen-bond donors (Lipinski definition) is 1. The SMILES string of the molecule is Cc1ccccc1-n1c(Cc2ccccc2)nnc1SCCCCC(=O)NCc1ccccc1. The predicted octanol–water partition coefficient (Wildman–Crippen LogP) is 5.75. The van der Waals surface area contributed by atoms with Crippen molar-refractivity contribution in [3.63, 3.8) is 0 Å². The van der Waals surface area contributed by atoms with Gasteiger partial charge in [-0.2, -0.15) is 0 Å². The van der Waals surface area contributed by atoms with E-state index in [2.05, 4.69) is 75.5 Å². The van der Waals surface area contributed by atoms with E-state index in [0.29, 0.717) is 13.0 Å². The lowest BCUT2D eigenvalue weighted by molar-refractivity contribution is -0.121. The highest BCUT2D eigenvalue weighted by Crippen LogP contribution is 2.26. The molecule has 4 aromatic rings. The third-order valence-corrected chi connectivity index (χ3v) is 6.64. The van der Waals surface area contributed by atoms with Crippen molar-refractivity contribution < 1.29 is 4.79 Å². The van der Waals surface area contributed by atoms with Gasteiger partial charge in [0, 0.05) is 25.1 Å². The molecule has 0 atom stereocenters. The molecule has 0 saturated heterocycles. The molecule has 34 heavy (non-hydrogen) atoms. The number of amides is 1. The molecule has 5 nitrogen and oxygen atoms in total. The molecular weight excluding hydrogens is 440 g/mol. The zero-order valence-electron chi connectivity index (χ0n) is 19.5. The maximum absolute atomic E-state index is 12.2. The number of unbranched alkanes of at least 4 members (excludes halogenated alkanes) is 1. The summed E-state index contributed by atoms with van der Waals surface area (Å²) in [4.78, 5) is 12.2. The van der Waals surface area contributed by atoms with Crippen molar-refractivity contribution in [1.29, 1.82) is 0 Å². The molecule has 0 bridgehead atoms. The minimum absolute atomic E-state index is 0.0991. The Kier molecular flexibility index (Phi) is 8.52. The van der Waals surface area contributed by atoms with E-state index in [9.17, 15) is 4.79 Å². The Morgan fingerprint density at radius 1 is 0.853 bits per heavy atom. The van der Waals surface area contributed by atoms with Gasteiger partial charge in [0.1, 0.15) is 5.82 Å². The fraction of sp³-hybridized carbons (Fsp3) is 0.250.